The Morgan fingerprint density at radius 3 is 2.68 bits per heavy atom. The van der Waals surface area contributed by atoms with Crippen molar-refractivity contribution in [3.05, 3.63) is 59.4 Å². The van der Waals surface area contributed by atoms with E-state index in [0.29, 0.717) is 24.1 Å². The Hall–Kier alpha value is -3.02. The summed E-state index contributed by atoms with van der Waals surface area (Å²) in [4.78, 5) is 43.4. The predicted molar refractivity (Wildman–Crippen MR) is 105 cm³/mol. The van der Waals surface area contributed by atoms with Crippen molar-refractivity contribution in [3.63, 3.8) is 0 Å². The minimum Gasteiger partial charge on any atom is -0.496 e. The lowest BCUT2D eigenvalue weighted by molar-refractivity contribution is -0.131. The van der Waals surface area contributed by atoms with Gasteiger partial charge in [0.05, 0.1) is 13.2 Å². The number of amides is 1. The molecule has 1 saturated heterocycles. The topological polar surface area (TPSA) is 76.6 Å². The van der Waals surface area contributed by atoms with E-state index in [0.717, 1.165) is 17.7 Å². The summed E-state index contributed by atoms with van der Waals surface area (Å²) in [5.74, 6) is 0.396. The molecule has 1 unspecified atom stereocenters. The molecule has 1 aliphatic heterocycles. The second kappa shape index (κ2) is 8.78. The summed E-state index contributed by atoms with van der Waals surface area (Å²) < 4.78 is 5.24. The van der Waals surface area contributed by atoms with Gasteiger partial charge in [-0.2, -0.15) is 0 Å². The van der Waals surface area contributed by atoms with Gasteiger partial charge in [-0.05, 0) is 55.7 Å². The molecular formula is C22H24N2O4. The number of hydrogen-bond acceptors (Lipinski definition) is 5. The van der Waals surface area contributed by atoms with Crippen LogP contribution in [0, 0.1) is 6.92 Å². The van der Waals surface area contributed by atoms with E-state index in [1.165, 1.54) is 6.20 Å². The summed E-state index contributed by atoms with van der Waals surface area (Å²) >= 11 is 0. The zero-order valence-electron chi connectivity index (χ0n) is 16.2. The van der Waals surface area contributed by atoms with Crippen LogP contribution in [0.4, 0.5) is 0 Å². The number of methoxy groups -OCH3 is 1. The largest absolute Gasteiger partial charge is 0.496 e. The summed E-state index contributed by atoms with van der Waals surface area (Å²) in [6, 6.07) is 8.23. The van der Waals surface area contributed by atoms with Crippen LogP contribution in [-0.2, 0) is 4.79 Å². The maximum Gasteiger partial charge on any atom is 0.223 e. The third-order valence-electron chi connectivity index (χ3n) is 5.10. The lowest BCUT2D eigenvalue weighted by Crippen LogP contribution is -2.40. The average molecular weight is 380 g/mol. The number of ketones is 2. The summed E-state index contributed by atoms with van der Waals surface area (Å²) in [5.41, 5.74) is 1.96. The fourth-order valence-electron chi connectivity index (χ4n) is 3.60. The monoisotopic (exact) mass is 380 g/mol. The third kappa shape index (κ3) is 4.27. The van der Waals surface area contributed by atoms with E-state index in [9.17, 15) is 14.4 Å². The van der Waals surface area contributed by atoms with E-state index in [-0.39, 0.29) is 30.3 Å². The molecule has 0 N–H and O–H groups in total. The Balaban J connectivity index is 1.65. The Labute approximate surface area is 164 Å². The standard InChI is InChI=1S/C22H24N2O4/c1-15-13-16(7-9-20(15)28-2)22(27)18-6-4-12-24(18)21(26)10-8-19(25)17-5-3-11-23-14-17/h3,5,7,9,11,13-14,18H,4,6,8,10,12H2,1-2H3. The highest BCUT2D eigenvalue weighted by molar-refractivity contribution is 6.03. The first kappa shape index (κ1) is 19.7. The van der Waals surface area contributed by atoms with Crippen LogP contribution in [-0.4, -0.2) is 47.1 Å². The first-order chi connectivity index (χ1) is 13.5. The van der Waals surface area contributed by atoms with Crippen molar-refractivity contribution in [1.29, 1.82) is 0 Å². The fraction of sp³-hybridized carbons (Fsp3) is 0.364. The summed E-state index contributed by atoms with van der Waals surface area (Å²) in [6.45, 7) is 2.43. The van der Waals surface area contributed by atoms with E-state index < -0.39 is 6.04 Å². The Kier molecular flexibility index (Phi) is 6.19. The van der Waals surface area contributed by atoms with Crippen LogP contribution in [0.25, 0.3) is 0 Å². The minimum absolute atomic E-state index is 0.0600. The number of ether oxygens (including phenoxy) is 1. The molecule has 1 atom stereocenters. The normalized spacial score (nSPS) is 16.1. The van der Waals surface area contributed by atoms with Crippen LogP contribution in [0.3, 0.4) is 0 Å². The molecule has 28 heavy (non-hydrogen) atoms. The number of rotatable bonds is 7. The summed E-state index contributed by atoms with van der Waals surface area (Å²) in [7, 11) is 1.59. The highest BCUT2D eigenvalue weighted by atomic mass is 16.5. The molecule has 6 heteroatoms. The predicted octanol–water partition coefficient (Wildman–Crippen LogP) is 3.24. The smallest absolute Gasteiger partial charge is 0.223 e. The lowest BCUT2D eigenvalue weighted by atomic mass is 9.99. The van der Waals surface area contributed by atoms with Crippen LogP contribution < -0.4 is 4.74 Å². The number of carbonyl (C=O) groups excluding carboxylic acids is 3. The van der Waals surface area contributed by atoms with Crippen LogP contribution in [0.2, 0.25) is 0 Å². The number of benzene rings is 1. The zero-order valence-corrected chi connectivity index (χ0v) is 16.2. The minimum atomic E-state index is -0.464. The molecule has 3 rings (SSSR count). The molecule has 1 aromatic carbocycles. The quantitative estimate of drug-likeness (QED) is 0.689. The second-order valence-electron chi connectivity index (χ2n) is 6.96. The number of aryl methyl sites for hydroxylation is 1. The van der Waals surface area contributed by atoms with Gasteiger partial charge in [0.2, 0.25) is 5.91 Å². The van der Waals surface area contributed by atoms with Crippen LogP contribution >= 0.6 is 0 Å². The molecule has 1 amide bonds. The number of likely N-dealkylation sites (tertiary alicyclic amines) is 1. The van der Waals surface area contributed by atoms with Crippen molar-refractivity contribution in [2.75, 3.05) is 13.7 Å². The highest BCUT2D eigenvalue weighted by Crippen LogP contribution is 2.25. The summed E-state index contributed by atoms with van der Waals surface area (Å²) in [6.07, 6.45) is 4.74. The number of nitrogens with zero attached hydrogens (tertiary/aromatic N) is 2. The van der Waals surface area contributed by atoms with Gasteiger partial charge >= 0.3 is 0 Å². The number of aromatic nitrogens is 1. The molecule has 1 fully saturated rings. The molecule has 0 aliphatic carbocycles. The van der Waals surface area contributed by atoms with Gasteiger partial charge in [-0.1, -0.05) is 0 Å². The van der Waals surface area contributed by atoms with Gasteiger partial charge in [-0.25, -0.2) is 0 Å². The van der Waals surface area contributed by atoms with Crippen molar-refractivity contribution in [2.24, 2.45) is 0 Å². The lowest BCUT2D eigenvalue weighted by Gasteiger charge is -2.24. The van der Waals surface area contributed by atoms with Crippen molar-refractivity contribution in [3.8, 4) is 5.75 Å². The van der Waals surface area contributed by atoms with Crippen molar-refractivity contribution in [1.82, 2.24) is 9.88 Å². The van der Waals surface area contributed by atoms with E-state index in [1.807, 2.05) is 6.92 Å². The van der Waals surface area contributed by atoms with E-state index >= 15 is 0 Å². The van der Waals surface area contributed by atoms with Gasteiger partial charge in [0, 0.05) is 42.9 Å². The molecule has 146 valence electrons. The van der Waals surface area contributed by atoms with Crippen LogP contribution in [0.5, 0.6) is 5.75 Å². The van der Waals surface area contributed by atoms with Crippen molar-refractivity contribution < 1.29 is 19.1 Å². The number of hydrogen-bond donors (Lipinski definition) is 0. The van der Waals surface area contributed by atoms with Crippen molar-refractivity contribution in [2.45, 2.75) is 38.6 Å². The number of pyridine rings is 1. The van der Waals surface area contributed by atoms with Gasteiger partial charge in [0.1, 0.15) is 5.75 Å². The average Bonchev–Trinajstić information content (AvgIpc) is 3.21. The maximum absolute atomic E-state index is 13.0. The Morgan fingerprint density at radius 1 is 1.18 bits per heavy atom. The molecule has 6 nitrogen and oxygen atoms in total. The first-order valence-electron chi connectivity index (χ1n) is 9.43. The maximum atomic E-state index is 13.0. The Morgan fingerprint density at radius 2 is 2.00 bits per heavy atom. The molecule has 2 heterocycles. The zero-order chi connectivity index (χ0) is 20.1. The van der Waals surface area contributed by atoms with E-state index in [1.54, 1.807) is 48.5 Å². The van der Waals surface area contributed by atoms with E-state index in [2.05, 4.69) is 4.98 Å². The molecular weight excluding hydrogens is 356 g/mol. The third-order valence-corrected chi connectivity index (χ3v) is 5.10. The second-order valence-corrected chi connectivity index (χ2v) is 6.96. The molecule has 0 spiro atoms. The molecule has 2 aromatic rings. The first-order valence-corrected chi connectivity index (χ1v) is 9.43. The SMILES string of the molecule is COc1ccc(C(=O)C2CCCN2C(=O)CCC(=O)c2cccnc2)cc1C. The van der Waals surface area contributed by atoms with Gasteiger partial charge in [-0.3, -0.25) is 19.4 Å². The number of carbonyl (C=O) groups is 3. The van der Waals surface area contributed by atoms with E-state index in [4.69, 9.17) is 4.74 Å². The van der Waals surface area contributed by atoms with Crippen LogP contribution in [0.15, 0.2) is 42.7 Å². The highest BCUT2D eigenvalue weighted by Gasteiger charge is 2.34. The molecule has 1 aliphatic rings. The number of Topliss-reactive ketones (excluding diaryl/α,β-unsaturated/α-hetero) is 2. The van der Waals surface area contributed by atoms with Gasteiger partial charge in [0.15, 0.2) is 11.6 Å². The fourth-order valence-corrected chi connectivity index (χ4v) is 3.60. The van der Waals surface area contributed by atoms with Gasteiger partial charge in [-0.15, -0.1) is 0 Å². The molecule has 0 saturated carbocycles. The molecule has 0 bridgehead atoms. The van der Waals surface area contributed by atoms with Crippen molar-refractivity contribution >= 4 is 17.5 Å². The molecule has 1 aromatic heterocycles. The Bertz CT molecular complexity index is 879. The molecule has 0 radical (unpaired) electrons. The summed E-state index contributed by atoms with van der Waals surface area (Å²) in [5, 5.41) is 0. The van der Waals surface area contributed by atoms with Gasteiger partial charge < -0.3 is 9.64 Å². The van der Waals surface area contributed by atoms with Crippen LogP contribution in [0.1, 0.15) is 52.0 Å². The van der Waals surface area contributed by atoms with Gasteiger partial charge in [0.25, 0.3) is 0 Å².